The number of benzene rings is 2. The molecular formula is C21H24N2O. The maximum atomic E-state index is 11.8. The van der Waals surface area contributed by atoms with Crippen molar-refractivity contribution in [2.24, 2.45) is 0 Å². The van der Waals surface area contributed by atoms with Gasteiger partial charge in [0.05, 0.1) is 0 Å². The van der Waals surface area contributed by atoms with Crippen LogP contribution in [0.1, 0.15) is 42.7 Å². The first kappa shape index (κ1) is 15.4. The number of nitrogens with zero attached hydrogens (tertiary/aromatic N) is 1. The van der Waals surface area contributed by atoms with Crippen LogP contribution in [0, 0.1) is 0 Å². The minimum absolute atomic E-state index is 0.252. The van der Waals surface area contributed by atoms with E-state index in [2.05, 4.69) is 59.9 Å². The van der Waals surface area contributed by atoms with Gasteiger partial charge < -0.3 is 10.2 Å². The normalized spacial score (nSPS) is 23.3. The third kappa shape index (κ3) is 3.22. The van der Waals surface area contributed by atoms with Crippen LogP contribution in [-0.2, 0) is 11.3 Å². The average molecular weight is 320 g/mol. The predicted molar refractivity (Wildman–Crippen MR) is 97.1 cm³/mol. The van der Waals surface area contributed by atoms with Crippen LogP contribution in [-0.4, -0.2) is 18.5 Å². The summed E-state index contributed by atoms with van der Waals surface area (Å²) in [5, 5.41) is 3.65. The fourth-order valence-corrected chi connectivity index (χ4v) is 3.76. The molecule has 1 amide bonds. The van der Waals surface area contributed by atoms with E-state index < -0.39 is 0 Å². The Morgan fingerprint density at radius 1 is 1.00 bits per heavy atom. The summed E-state index contributed by atoms with van der Waals surface area (Å²) in [6.07, 6.45) is 4.12. The van der Waals surface area contributed by atoms with Gasteiger partial charge in [-0.1, -0.05) is 42.5 Å². The van der Waals surface area contributed by atoms with Gasteiger partial charge in [-0.2, -0.15) is 0 Å². The molecule has 2 aromatic rings. The van der Waals surface area contributed by atoms with Crippen molar-refractivity contribution in [2.75, 3.05) is 11.4 Å². The molecule has 1 aliphatic carbocycles. The van der Waals surface area contributed by atoms with Gasteiger partial charge in [0.2, 0.25) is 5.91 Å². The highest BCUT2D eigenvalue weighted by molar-refractivity contribution is 5.95. The lowest BCUT2D eigenvalue weighted by Gasteiger charge is -2.36. The second-order valence-corrected chi connectivity index (χ2v) is 6.97. The molecule has 0 spiro atoms. The van der Waals surface area contributed by atoms with Crippen molar-refractivity contribution in [3.8, 4) is 0 Å². The first-order chi connectivity index (χ1) is 11.8. The lowest BCUT2D eigenvalue weighted by molar-refractivity contribution is -0.117. The Kier molecular flexibility index (Phi) is 4.35. The molecule has 1 heterocycles. The van der Waals surface area contributed by atoms with Crippen molar-refractivity contribution in [1.82, 2.24) is 5.32 Å². The molecule has 3 nitrogen and oxygen atoms in total. The molecule has 3 heteroatoms. The topological polar surface area (TPSA) is 32.3 Å². The molecule has 4 rings (SSSR count). The second-order valence-electron chi connectivity index (χ2n) is 6.97. The van der Waals surface area contributed by atoms with Crippen LogP contribution in [0.25, 0.3) is 0 Å². The highest BCUT2D eigenvalue weighted by Gasteiger charge is 2.29. The van der Waals surface area contributed by atoms with E-state index in [-0.39, 0.29) is 5.91 Å². The van der Waals surface area contributed by atoms with Gasteiger partial charge in [0, 0.05) is 31.2 Å². The summed E-state index contributed by atoms with van der Waals surface area (Å²) >= 11 is 0. The van der Waals surface area contributed by atoms with Crippen LogP contribution < -0.4 is 10.2 Å². The SMILES string of the molecule is O=C1CCCN1c1ccc(CNC2CC(c3ccccc3)C2)cc1. The summed E-state index contributed by atoms with van der Waals surface area (Å²) < 4.78 is 0. The molecule has 1 N–H and O–H groups in total. The van der Waals surface area contributed by atoms with Crippen LogP contribution >= 0.6 is 0 Å². The van der Waals surface area contributed by atoms with Crippen molar-refractivity contribution < 1.29 is 4.79 Å². The van der Waals surface area contributed by atoms with Crippen LogP contribution in [0.4, 0.5) is 5.69 Å². The Balaban J connectivity index is 1.26. The third-order valence-corrected chi connectivity index (χ3v) is 5.33. The van der Waals surface area contributed by atoms with Crippen LogP contribution in [0.3, 0.4) is 0 Å². The van der Waals surface area contributed by atoms with E-state index in [4.69, 9.17) is 0 Å². The molecule has 2 fully saturated rings. The number of carbonyl (C=O) groups is 1. The molecule has 0 unspecified atom stereocenters. The van der Waals surface area contributed by atoms with E-state index in [0.29, 0.717) is 18.4 Å². The number of hydrogen-bond donors (Lipinski definition) is 1. The summed E-state index contributed by atoms with van der Waals surface area (Å²) in [6, 6.07) is 19.9. The Bertz CT molecular complexity index is 690. The summed E-state index contributed by atoms with van der Waals surface area (Å²) in [7, 11) is 0. The van der Waals surface area contributed by atoms with Crippen LogP contribution in [0.2, 0.25) is 0 Å². The zero-order chi connectivity index (χ0) is 16.4. The maximum Gasteiger partial charge on any atom is 0.227 e. The molecule has 1 aliphatic heterocycles. The Morgan fingerprint density at radius 2 is 1.75 bits per heavy atom. The fourth-order valence-electron chi connectivity index (χ4n) is 3.76. The van der Waals surface area contributed by atoms with E-state index >= 15 is 0 Å². The van der Waals surface area contributed by atoms with Gasteiger partial charge in [-0.05, 0) is 48.4 Å². The Labute approximate surface area is 143 Å². The molecule has 0 aromatic heterocycles. The summed E-state index contributed by atoms with van der Waals surface area (Å²) in [5.41, 5.74) is 3.79. The number of nitrogens with one attached hydrogen (secondary N) is 1. The number of anilines is 1. The van der Waals surface area contributed by atoms with Crippen LogP contribution in [0.5, 0.6) is 0 Å². The molecule has 1 saturated heterocycles. The third-order valence-electron chi connectivity index (χ3n) is 5.33. The molecular weight excluding hydrogens is 296 g/mol. The van der Waals surface area contributed by atoms with Crippen molar-refractivity contribution in [3.05, 3.63) is 65.7 Å². The highest BCUT2D eigenvalue weighted by atomic mass is 16.2. The van der Waals surface area contributed by atoms with E-state index in [1.54, 1.807) is 0 Å². The van der Waals surface area contributed by atoms with E-state index in [9.17, 15) is 4.79 Å². The zero-order valence-corrected chi connectivity index (χ0v) is 13.9. The number of carbonyl (C=O) groups excluding carboxylic acids is 1. The molecule has 1 saturated carbocycles. The van der Waals surface area contributed by atoms with Gasteiger partial charge in [-0.3, -0.25) is 4.79 Å². The molecule has 0 bridgehead atoms. The molecule has 2 aliphatic rings. The van der Waals surface area contributed by atoms with Crippen LogP contribution in [0.15, 0.2) is 54.6 Å². The van der Waals surface area contributed by atoms with Crippen molar-refractivity contribution in [3.63, 3.8) is 0 Å². The number of amides is 1. The lowest BCUT2D eigenvalue weighted by atomic mass is 9.76. The fraction of sp³-hybridized carbons (Fsp3) is 0.381. The largest absolute Gasteiger partial charge is 0.312 e. The monoisotopic (exact) mass is 320 g/mol. The summed E-state index contributed by atoms with van der Waals surface area (Å²) in [6.45, 7) is 1.76. The van der Waals surface area contributed by atoms with E-state index in [0.717, 1.165) is 25.2 Å². The van der Waals surface area contributed by atoms with Gasteiger partial charge >= 0.3 is 0 Å². The molecule has 24 heavy (non-hydrogen) atoms. The van der Waals surface area contributed by atoms with Gasteiger partial charge in [-0.25, -0.2) is 0 Å². The smallest absolute Gasteiger partial charge is 0.227 e. The quantitative estimate of drug-likeness (QED) is 0.907. The second kappa shape index (κ2) is 6.78. The minimum Gasteiger partial charge on any atom is -0.312 e. The van der Waals surface area contributed by atoms with Gasteiger partial charge in [0.25, 0.3) is 0 Å². The number of rotatable bonds is 5. The Hall–Kier alpha value is -2.13. The summed E-state index contributed by atoms with van der Waals surface area (Å²) in [5.74, 6) is 0.967. The number of hydrogen-bond acceptors (Lipinski definition) is 2. The maximum absolute atomic E-state index is 11.8. The Morgan fingerprint density at radius 3 is 2.42 bits per heavy atom. The highest BCUT2D eigenvalue weighted by Crippen LogP contribution is 2.36. The van der Waals surface area contributed by atoms with Crippen molar-refractivity contribution in [2.45, 2.75) is 44.2 Å². The summed E-state index contributed by atoms with van der Waals surface area (Å²) in [4.78, 5) is 13.7. The predicted octanol–water partition coefficient (Wildman–Crippen LogP) is 3.85. The minimum atomic E-state index is 0.252. The average Bonchev–Trinajstić information content (AvgIpc) is 3.01. The lowest BCUT2D eigenvalue weighted by Crippen LogP contribution is -2.39. The van der Waals surface area contributed by atoms with Gasteiger partial charge in [-0.15, -0.1) is 0 Å². The molecule has 2 aromatic carbocycles. The first-order valence-corrected chi connectivity index (χ1v) is 8.97. The van der Waals surface area contributed by atoms with Crippen molar-refractivity contribution >= 4 is 11.6 Å². The van der Waals surface area contributed by atoms with Gasteiger partial charge in [0.1, 0.15) is 0 Å². The molecule has 0 radical (unpaired) electrons. The standard InChI is InChI=1S/C21H24N2O/c24-21-7-4-12-23(21)20-10-8-16(9-11-20)15-22-19-13-18(14-19)17-5-2-1-3-6-17/h1-3,5-6,8-11,18-19,22H,4,7,12-15H2. The van der Waals surface area contributed by atoms with E-state index in [1.165, 1.54) is 24.0 Å². The van der Waals surface area contributed by atoms with Gasteiger partial charge in [0.15, 0.2) is 0 Å². The zero-order valence-electron chi connectivity index (χ0n) is 13.9. The van der Waals surface area contributed by atoms with E-state index in [1.807, 2.05) is 4.90 Å². The first-order valence-electron chi connectivity index (χ1n) is 8.97. The molecule has 124 valence electrons. The van der Waals surface area contributed by atoms with Crippen molar-refractivity contribution in [1.29, 1.82) is 0 Å². The molecule has 0 atom stereocenters.